The molecule has 43 heavy (non-hydrogen) atoms. The Balaban J connectivity index is 1.61. The van der Waals surface area contributed by atoms with E-state index in [0.29, 0.717) is 17.2 Å². The number of nitrogens with one attached hydrogen (secondary N) is 2. The molecule has 1 aliphatic rings. The molecule has 2 aromatic heterocycles. The molecular formula is C27H37ClFN6O7P. The van der Waals surface area contributed by atoms with Crippen LogP contribution in [0.3, 0.4) is 0 Å². The number of halogens is 2. The van der Waals surface area contributed by atoms with Gasteiger partial charge in [-0.3, -0.25) is 13.9 Å². The summed E-state index contributed by atoms with van der Waals surface area (Å²) in [5.41, 5.74) is -1.21. The van der Waals surface area contributed by atoms with Crippen molar-refractivity contribution in [3.63, 3.8) is 0 Å². The van der Waals surface area contributed by atoms with E-state index in [4.69, 9.17) is 30.1 Å². The smallest absolute Gasteiger partial charge is 0.459 e. The Kier molecular flexibility index (Phi) is 10.3. The van der Waals surface area contributed by atoms with Gasteiger partial charge in [0.2, 0.25) is 0 Å². The lowest BCUT2D eigenvalue weighted by Crippen LogP contribution is -2.48. The maximum atomic E-state index is 15.8. The lowest BCUT2D eigenvalue weighted by atomic mass is 9.99. The zero-order valence-corrected chi connectivity index (χ0v) is 26.4. The van der Waals surface area contributed by atoms with Gasteiger partial charge in [0.15, 0.2) is 29.4 Å². The van der Waals surface area contributed by atoms with Crippen LogP contribution in [0.25, 0.3) is 11.2 Å². The number of hydrogen-bond donors (Lipinski definition) is 3. The summed E-state index contributed by atoms with van der Waals surface area (Å²) in [6.45, 7) is 9.67. The third kappa shape index (κ3) is 7.44. The molecular weight excluding hydrogens is 606 g/mol. The summed E-state index contributed by atoms with van der Waals surface area (Å²) in [4.78, 5) is 25.6. The van der Waals surface area contributed by atoms with Gasteiger partial charge in [0.1, 0.15) is 29.3 Å². The fourth-order valence-electron chi connectivity index (χ4n) is 4.41. The van der Waals surface area contributed by atoms with Crippen LogP contribution in [0, 0.1) is 6.92 Å². The van der Waals surface area contributed by atoms with Gasteiger partial charge >= 0.3 is 13.7 Å². The number of nitrogens with zero attached hydrogens (tertiary/aromatic N) is 4. The van der Waals surface area contributed by atoms with E-state index < -0.39 is 62.5 Å². The highest BCUT2D eigenvalue weighted by molar-refractivity contribution is 7.52. The van der Waals surface area contributed by atoms with Crippen LogP contribution in [0.4, 0.5) is 10.2 Å². The third-order valence-corrected chi connectivity index (χ3v) is 8.51. The molecule has 236 valence electrons. The number of anilines is 1. The molecule has 1 aliphatic heterocycles. The van der Waals surface area contributed by atoms with Crippen molar-refractivity contribution >= 4 is 42.3 Å². The minimum atomic E-state index is -4.37. The molecule has 1 saturated heterocycles. The highest BCUT2D eigenvalue weighted by Gasteiger charge is 2.57. The molecule has 0 radical (unpaired) electrons. The molecule has 4 rings (SSSR count). The lowest BCUT2D eigenvalue weighted by molar-refractivity contribution is -0.149. The number of rotatable bonds is 13. The van der Waals surface area contributed by atoms with Gasteiger partial charge in [-0.05, 0) is 53.7 Å². The van der Waals surface area contributed by atoms with Crippen molar-refractivity contribution in [1.29, 1.82) is 0 Å². The van der Waals surface area contributed by atoms with Crippen LogP contribution in [0.5, 0.6) is 5.75 Å². The number of para-hydroxylation sites is 1. The molecule has 13 nitrogen and oxygen atoms in total. The summed E-state index contributed by atoms with van der Waals surface area (Å²) in [6, 6.07) is 7.04. The number of aliphatic hydroxyl groups excluding tert-OH is 1. The van der Waals surface area contributed by atoms with Gasteiger partial charge in [-0.1, -0.05) is 18.2 Å². The van der Waals surface area contributed by atoms with Crippen LogP contribution in [0.1, 0.15) is 46.7 Å². The molecule has 3 N–H and O–H groups in total. The monoisotopic (exact) mass is 642 g/mol. The van der Waals surface area contributed by atoms with Gasteiger partial charge in [-0.15, -0.1) is 11.6 Å². The number of imidazole rings is 1. The van der Waals surface area contributed by atoms with Crippen molar-refractivity contribution in [2.24, 2.45) is 0 Å². The first kappa shape index (κ1) is 33.0. The average molecular weight is 643 g/mol. The molecule has 16 heteroatoms. The Morgan fingerprint density at radius 1 is 1.23 bits per heavy atom. The third-order valence-electron chi connectivity index (χ3n) is 6.43. The molecule has 0 aliphatic carbocycles. The van der Waals surface area contributed by atoms with Crippen LogP contribution >= 0.6 is 19.3 Å². The predicted octanol–water partition coefficient (Wildman–Crippen LogP) is 4.29. The van der Waals surface area contributed by atoms with E-state index >= 15 is 4.39 Å². The van der Waals surface area contributed by atoms with Gasteiger partial charge in [0.05, 0.1) is 24.9 Å². The number of fused-ring (bicyclic) bond motifs is 1. The topological polar surface area (TPSA) is 159 Å². The number of ether oxygens (including phenoxy) is 2. The first-order chi connectivity index (χ1) is 20.3. The minimum absolute atomic E-state index is 0.0412. The van der Waals surface area contributed by atoms with Gasteiger partial charge in [0, 0.05) is 6.04 Å². The number of esters is 1. The van der Waals surface area contributed by atoms with Crippen molar-refractivity contribution in [3.05, 3.63) is 42.5 Å². The summed E-state index contributed by atoms with van der Waals surface area (Å²) in [7, 11) is -4.37. The number of aromatic nitrogens is 4. The SMILES string of the molecule is Cc1nc(NC(C)C)c2ncn([C@@H]3O[C@](CCl)(CO[P@](=O)(N[C@@H](C)C(=O)OC(C)C)Oc4ccccc4)[C@@H](O)[C@H]3F)c2n1. The summed E-state index contributed by atoms with van der Waals surface area (Å²) < 4.78 is 53.7. The van der Waals surface area contributed by atoms with Crippen molar-refractivity contribution in [2.75, 3.05) is 17.8 Å². The first-order valence-corrected chi connectivity index (χ1v) is 15.9. The van der Waals surface area contributed by atoms with Crippen molar-refractivity contribution in [2.45, 2.75) is 83.8 Å². The number of aryl methyl sites for hydroxylation is 1. The fraction of sp³-hybridized carbons (Fsp3) is 0.556. The Morgan fingerprint density at radius 2 is 1.93 bits per heavy atom. The first-order valence-electron chi connectivity index (χ1n) is 13.8. The van der Waals surface area contributed by atoms with Gasteiger partial charge in [0.25, 0.3) is 0 Å². The van der Waals surface area contributed by atoms with Gasteiger partial charge in [-0.25, -0.2) is 23.9 Å². The highest BCUT2D eigenvalue weighted by Crippen LogP contribution is 2.49. The van der Waals surface area contributed by atoms with Crippen LogP contribution < -0.4 is 14.9 Å². The predicted molar refractivity (Wildman–Crippen MR) is 158 cm³/mol. The Labute approximate surface area is 254 Å². The minimum Gasteiger partial charge on any atom is -0.462 e. The molecule has 0 bridgehead atoms. The number of hydrogen-bond acceptors (Lipinski definition) is 11. The van der Waals surface area contributed by atoms with Crippen LogP contribution in [0.2, 0.25) is 0 Å². The zero-order chi connectivity index (χ0) is 31.5. The van der Waals surface area contributed by atoms with E-state index in [9.17, 15) is 14.5 Å². The van der Waals surface area contributed by atoms with E-state index in [1.165, 1.54) is 30.0 Å². The van der Waals surface area contributed by atoms with E-state index in [1.54, 1.807) is 39.0 Å². The Hall–Kier alpha value is -2.87. The second kappa shape index (κ2) is 13.4. The standard InChI is InChI=1S/C27H37ClFN6O7P/c1-15(2)31-23-21-24(33-18(6)32-23)35(14-30-21)25-20(29)22(36)27(12-28,41-25)13-39-43(38,42-19-10-8-7-9-11-19)34-17(5)26(37)40-16(3)4/h7-11,14-17,20,22,25,36H,12-13H2,1-6H3,(H,34,38)(H,31,32,33)/t17-,20+,22-,25+,27+,43+/m0/s1. The Morgan fingerprint density at radius 3 is 2.56 bits per heavy atom. The number of carbonyl (C=O) groups is 1. The van der Waals surface area contributed by atoms with Crippen molar-refractivity contribution in [1.82, 2.24) is 24.6 Å². The normalized spacial score (nSPS) is 24.3. The highest BCUT2D eigenvalue weighted by atomic mass is 35.5. The largest absolute Gasteiger partial charge is 0.462 e. The lowest BCUT2D eigenvalue weighted by Gasteiger charge is -2.31. The quantitative estimate of drug-likeness (QED) is 0.138. The van der Waals surface area contributed by atoms with Crippen molar-refractivity contribution < 1.29 is 37.4 Å². The number of benzene rings is 1. The number of aliphatic hydroxyl groups is 1. The number of carbonyl (C=O) groups excluding carboxylic acids is 1. The molecule has 6 atom stereocenters. The summed E-state index contributed by atoms with van der Waals surface area (Å²) in [5, 5.41) is 16.8. The van der Waals surface area contributed by atoms with E-state index in [0.717, 1.165) is 0 Å². The van der Waals surface area contributed by atoms with E-state index in [2.05, 4.69) is 25.4 Å². The average Bonchev–Trinajstić information content (AvgIpc) is 3.46. The molecule has 1 aromatic carbocycles. The Bertz CT molecular complexity index is 1460. The molecule has 3 heterocycles. The summed E-state index contributed by atoms with van der Waals surface area (Å²) in [6.07, 6.45) is -4.30. The van der Waals surface area contributed by atoms with Crippen LogP contribution in [-0.2, 0) is 23.4 Å². The van der Waals surface area contributed by atoms with E-state index in [-0.39, 0.29) is 17.4 Å². The maximum Gasteiger partial charge on any atom is 0.459 e. The van der Waals surface area contributed by atoms with E-state index in [1.807, 2.05) is 13.8 Å². The molecule has 0 spiro atoms. The zero-order valence-electron chi connectivity index (χ0n) is 24.7. The fourth-order valence-corrected chi connectivity index (χ4v) is 6.26. The van der Waals surface area contributed by atoms with Crippen LogP contribution in [0.15, 0.2) is 36.7 Å². The van der Waals surface area contributed by atoms with Crippen LogP contribution in [-0.4, -0.2) is 79.1 Å². The molecule has 1 fully saturated rings. The summed E-state index contributed by atoms with van der Waals surface area (Å²) in [5.74, 6) is -0.0927. The van der Waals surface area contributed by atoms with Gasteiger partial charge in [-0.2, -0.15) is 5.09 Å². The molecule has 0 unspecified atom stereocenters. The second-order valence-electron chi connectivity index (χ2n) is 10.9. The van der Waals surface area contributed by atoms with Gasteiger partial charge < -0.3 is 24.4 Å². The molecule has 0 saturated carbocycles. The number of alkyl halides is 2. The maximum absolute atomic E-state index is 15.8. The second-order valence-corrected chi connectivity index (χ2v) is 12.8. The summed E-state index contributed by atoms with van der Waals surface area (Å²) >= 11 is 6.26. The molecule has 3 aromatic rings. The molecule has 0 amide bonds. The van der Waals surface area contributed by atoms with Crippen molar-refractivity contribution in [3.8, 4) is 5.75 Å².